The summed E-state index contributed by atoms with van der Waals surface area (Å²) in [5.41, 5.74) is 0.415. The van der Waals surface area contributed by atoms with Crippen molar-refractivity contribution in [2.75, 3.05) is 11.9 Å². The van der Waals surface area contributed by atoms with Gasteiger partial charge < -0.3 is 4.74 Å². The Balaban J connectivity index is 2.38. The Hall–Kier alpha value is 0.440. The van der Waals surface area contributed by atoms with E-state index in [2.05, 4.69) is 29.8 Å². The van der Waals surface area contributed by atoms with Crippen LogP contribution in [0.25, 0.3) is 0 Å². The zero-order valence-electron chi connectivity index (χ0n) is 5.98. The third-order valence-electron chi connectivity index (χ3n) is 1.66. The number of hydrogen-bond donors (Lipinski definition) is 0. The quantitative estimate of drug-likeness (QED) is 0.580. The van der Waals surface area contributed by atoms with Crippen molar-refractivity contribution in [2.24, 2.45) is 5.41 Å². The van der Waals surface area contributed by atoms with Gasteiger partial charge in [-0.3, -0.25) is 0 Å². The van der Waals surface area contributed by atoms with Crippen LogP contribution in [0.2, 0.25) is 0 Å². The first kappa shape index (κ1) is 7.55. The molecule has 0 unspecified atom stereocenters. The molecule has 9 heavy (non-hydrogen) atoms. The van der Waals surface area contributed by atoms with Gasteiger partial charge in [0, 0.05) is 5.33 Å². The van der Waals surface area contributed by atoms with E-state index >= 15 is 0 Å². The minimum atomic E-state index is 0.415. The van der Waals surface area contributed by atoms with Gasteiger partial charge in [0.15, 0.2) is 0 Å². The summed E-state index contributed by atoms with van der Waals surface area (Å²) in [4.78, 5) is 0. The number of halogens is 1. The second-order valence-corrected chi connectivity index (χ2v) is 4.10. The van der Waals surface area contributed by atoms with E-state index in [-0.39, 0.29) is 0 Å². The second kappa shape index (κ2) is 2.59. The monoisotopic (exact) mass is 192 g/mol. The molecule has 1 aliphatic rings. The molecular weight excluding hydrogens is 180 g/mol. The van der Waals surface area contributed by atoms with Crippen LogP contribution in [-0.2, 0) is 4.74 Å². The zero-order chi connectivity index (χ0) is 6.91. The van der Waals surface area contributed by atoms with Gasteiger partial charge in [-0.05, 0) is 11.8 Å². The molecule has 1 saturated heterocycles. The predicted octanol–water partition coefficient (Wildman–Crippen LogP) is 2.20. The summed E-state index contributed by atoms with van der Waals surface area (Å²) >= 11 is 3.40. The molecule has 0 saturated carbocycles. The molecule has 1 nitrogen and oxygen atoms in total. The minimum Gasteiger partial charge on any atom is -0.377 e. The van der Waals surface area contributed by atoms with Gasteiger partial charge in [0.2, 0.25) is 0 Å². The van der Waals surface area contributed by atoms with Crippen molar-refractivity contribution in [1.29, 1.82) is 0 Å². The van der Waals surface area contributed by atoms with Crippen LogP contribution in [0.1, 0.15) is 20.3 Å². The molecule has 1 heterocycles. The molecule has 1 aliphatic heterocycles. The molecule has 54 valence electrons. The summed E-state index contributed by atoms with van der Waals surface area (Å²) in [6.45, 7) is 5.41. The Kier molecular flexibility index (Phi) is 2.17. The molecule has 0 N–H and O–H groups in total. The Labute approximate surface area is 64.9 Å². The molecule has 0 aromatic rings. The number of alkyl halides is 1. The zero-order valence-corrected chi connectivity index (χ0v) is 7.57. The largest absolute Gasteiger partial charge is 0.377 e. The summed E-state index contributed by atoms with van der Waals surface area (Å²) in [6, 6.07) is 0. The standard InChI is InChI=1S/C7H13BrO/c1-7(2)3-6(4-8)9-5-7/h6H,3-5H2,1-2H3/t6-/m0/s1. The van der Waals surface area contributed by atoms with Crippen molar-refractivity contribution in [1.82, 2.24) is 0 Å². The molecule has 0 spiro atoms. The fraction of sp³-hybridized carbons (Fsp3) is 1.00. The van der Waals surface area contributed by atoms with Gasteiger partial charge in [-0.15, -0.1) is 0 Å². The Morgan fingerprint density at radius 2 is 2.33 bits per heavy atom. The van der Waals surface area contributed by atoms with Crippen molar-refractivity contribution >= 4 is 15.9 Å². The molecule has 0 amide bonds. The summed E-state index contributed by atoms with van der Waals surface area (Å²) in [6.07, 6.45) is 1.65. The lowest BCUT2D eigenvalue weighted by Crippen LogP contribution is -2.10. The Bertz CT molecular complexity index is 101. The smallest absolute Gasteiger partial charge is 0.0678 e. The molecule has 0 radical (unpaired) electrons. The Morgan fingerprint density at radius 1 is 1.67 bits per heavy atom. The lowest BCUT2D eigenvalue weighted by Gasteiger charge is -2.12. The lowest BCUT2D eigenvalue weighted by atomic mass is 9.91. The topological polar surface area (TPSA) is 9.23 Å². The molecular formula is C7H13BrO. The Morgan fingerprint density at radius 3 is 2.56 bits per heavy atom. The van der Waals surface area contributed by atoms with Gasteiger partial charge in [-0.25, -0.2) is 0 Å². The van der Waals surface area contributed by atoms with E-state index in [1.165, 1.54) is 6.42 Å². The van der Waals surface area contributed by atoms with Crippen LogP contribution in [-0.4, -0.2) is 18.0 Å². The predicted molar refractivity (Wildman–Crippen MR) is 41.9 cm³/mol. The SMILES string of the molecule is CC1(C)CO[C@H](CBr)C1. The van der Waals surface area contributed by atoms with Crippen molar-refractivity contribution in [2.45, 2.75) is 26.4 Å². The summed E-state index contributed by atoms with van der Waals surface area (Å²) in [5.74, 6) is 0. The van der Waals surface area contributed by atoms with Gasteiger partial charge in [0.25, 0.3) is 0 Å². The van der Waals surface area contributed by atoms with E-state index in [4.69, 9.17) is 4.74 Å². The van der Waals surface area contributed by atoms with Crippen molar-refractivity contribution in [3.05, 3.63) is 0 Å². The van der Waals surface area contributed by atoms with Gasteiger partial charge in [-0.2, -0.15) is 0 Å². The molecule has 0 aliphatic carbocycles. The molecule has 1 rings (SSSR count). The maximum atomic E-state index is 5.47. The molecule has 1 atom stereocenters. The molecule has 0 aromatic carbocycles. The van der Waals surface area contributed by atoms with E-state index in [0.29, 0.717) is 11.5 Å². The van der Waals surface area contributed by atoms with Crippen LogP contribution in [0.5, 0.6) is 0 Å². The molecule has 1 fully saturated rings. The molecule has 2 heteroatoms. The average Bonchev–Trinajstić information content (AvgIpc) is 2.10. The second-order valence-electron chi connectivity index (χ2n) is 3.46. The van der Waals surface area contributed by atoms with Crippen LogP contribution in [0.4, 0.5) is 0 Å². The van der Waals surface area contributed by atoms with E-state index in [9.17, 15) is 0 Å². The number of hydrogen-bond acceptors (Lipinski definition) is 1. The van der Waals surface area contributed by atoms with Crippen LogP contribution in [0, 0.1) is 5.41 Å². The molecule has 0 bridgehead atoms. The fourth-order valence-corrected chi connectivity index (χ4v) is 1.59. The highest BCUT2D eigenvalue weighted by Gasteiger charge is 2.30. The first-order valence-electron chi connectivity index (χ1n) is 3.32. The third kappa shape index (κ3) is 1.94. The van der Waals surface area contributed by atoms with Crippen LogP contribution in [0.15, 0.2) is 0 Å². The van der Waals surface area contributed by atoms with Gasteiger partial charge in [0.05, 0.1) is 12.7 Å². The van der Waals surface area contributed by atoms with Gasteiger partial charge in [0.1, 0.15) is 0 Å². The van der Waals surface area contributed by atoms with E-state index in [1.54, 1.807) is 0 Å². The summed E-state index contributed by atoms with van der Waals surface area (Å²) < 4.78 is 5.47. The van der Waals surface area contributed by atoms with Crippen molar-refractivity contribution in [3.8, 4) is 0 Å². The fourth-order valence-electron chi connectivity index (χ4n) is 1.18. The maximum Gasteiger partial charge on any atom is 0.0678 e. The lowest BCUT2D eigenvalue weighted by molar-refractivity contribution is 0.115. The van der Waals surface area contributed by atoms with Gasteiger partial charge >= 0.3 is 0 Å². The van der Waals surface area contributed by atoms with Crippen molar-refractivity contribution in [3.63, 3.8) is 0 Å². The summed E-state index contributed by atoms with van der Waals surface area (Å²) in [5, 5.41) is 0.983. The maximum absolute atomic E-state index is 5.47. The third-order valence-corrected chi connectivity index (χ3v) is 2.38. The first-order valence-corrected chi connectivity index (χ1v) is 4.44. The van der Waals surface area contributed by atoms with Crippen LogP contribution in [0.3, 0.4) is 0 Å². The minimum absolute atomic E-state index is 0.415. The number of ether oxygens (including phenoxy) is 1. The average molecular weight is 193 g/mol. The highest BCUT2D eigenvalue weighted by molar-refractivity contribution is 9.09. The van der Waals surface area contributed by atoms with Crippen LogP contribution < -0.4 is 0 Å². The number of rotatable bonds is 1. The highest BCUT2D eigenvalue weighted by Crippen LogP contribution is 2.31. The van der Waals surface area contributed by atoms with E-state index in [1.807, 2.05) is 0 Å². The first-order chi connectivity index (χ1) is 4.14. The van der Waals surface area contributed by atoms with Gasteiger partial charge in [-0.1, -0.05) is 29.8 Å². The summed E-state index contributed by atoms with van der Waals surface area (Å²) in [7, 11) is 0. The van der Waals surface area contributed by atoms with E-state index < -0.39 is 0 Å². The van der Waals surface area contributed by atoms with Crippen molar-refractivity contribution < 1.29 is 4.74 Å². The van der Waals surface area contributed by atoms with Crippen LogP contribution >= 0.6 is 15.9 Å². The highest BCUT2D eigenvalue weighted by atomic mass is 79.9. The normalized spacial score (nSPS) is 33.0. The molecule has 0 aromatic heterocycles. The van der Waals surface area contributed by atoms with E-state index in [0.717, 1.165) is 11.9 Å².